The van der Waals surface area contributed by atoms with E-state index >= 15 is 0 Å². The Hall–Kier alpha value is -3.00. The van der Waals surface area contributed by atoms with Gasteiger partial charge in [0.25, 0.3) is 5.56 Å². The molecule has 0 saturated heterocycles. The van der Waals surface area contributed by atoms with E-state index < -0.39 is 0 Å². The number of aromatic nitrogens is 5. The minimum absolute atomic E-state index is 0.0139. The van der Waals surface area contributed by atoms with E-state index in [1.54, 1.807) is 18.0 Å². The molecule has 29 heavy (non-hydrogen) atoms. The van der Waals surface area contributed by atoms with E-state index in [4.69, 9.17) is 9.26 Å². The van der Waals surface area contributed by atoms with Crippen molar-refractivity contribution >= 4 is 16.6 Å². The van der Waals surface area contributed by atoms with Crippen molar-refractivity contribution in [1.82, 2.24) is 24.1 Å². The number of ether oxygens (including phenoxy) is 1. The van der Waals surface area contributed by atoms with E-state index in [9.17, 15) is 4.79 Å². The van der Waals surface area contributed by atoms with Crippen molar-refractivity contribution in [3.63, 3.8) is 0 Å². The number of nitrogens with zero attached hydrogens (tertiary/aromatic N) is 5. The van der Waals surface area contributed by atoms with Gasteiger partial charge in [0, 0.05) is 12.5 Å². The van der Waals surface area contributed by atoms with Crippen LogP contribution in [0.2, 0.25) is 0 Å². The molecule has 150 valence electrons. The molecule has 1 fully saturated rings. The fourth-order valence-corrected chi connectivity index (χ4v) is 3.89. The van der Waals surface area contributed by atoms with Crippen LogP contribution < -0.4 is 5.56 Å². The highest BCUT2D eigenvalue weighted by Gasteiger charge is 2.44. The summed E-state index contributed by atoms with van der Waals surface area (Å²) < 4.78 is 14.4. The first kappa shape index (κ1) is 18.1. The van der Waals surface area contributed by atoms with Gasteiger partial charge in [-0.15, -0.1) is 0 Å². The minimum atomic E-state index is -0.114. The Balaban J connectivity index is 1.66. The summed E-state index contributed by atoms with van der Waals surface area (Å²) in [5.41, 5.74) is 2.87. The third-order valence-electron chi connectivity index (χ3n) is 5.82. The Morgan fingerprint density at radius 3 is 2.76 bits per heavy atom. The summed E-state index contributed by atoms with van der Waals surface area (Å²) in [6, 6.07) is 7.71. The highest BCUT2D eigenvalue weighted by Crippen LogP contribution is 2.46. The van der Waals surface area contributed by atoms with Gasteiger partial charge in [0.05, 0.1) is 35.8 Å². The van der Waals surface area contributed by atoms with Gasteiger partial charge in [0.2, 0.25) is 5.89 Å². The predicted molar refractivity (Wildman–Crippen MR) is 107 cm³/mol. The third-order valence-corrected chi connectivity index (χ3v) is 5.82. The van der Waals surface area contributed by atoms with Gasteiger partial charge in [-0.25, -0.2) is 4.98 Å². The standard InChI is InChI=1S/C21H23N5O3/c1-13(11-28-3)26-16-7-5-4-6-15(16)25-12-22-14(18(25)19(26)27)10-17-23-20(29-24-17)21(2)8-9-21/h4-7,12-13H,8-11H2,1-3H3. The molecule has 0 aliphatic heterocycles. The van der Waals surface area contributed by atoms with Gasteiger partial charge in [-0.3, -0.25) is 13.8 Å². The molecule has 1 aromatic carbocycles. The molecule has 8 heteroatoms. The molecule has 3 heterocycles. The van der Waals surface area contributed by atoms with Gasteiger partial charge >= 0.3 is 0 Å². The highest BCUT2D eigenvalue weighted by molar-refractivity contribution is 5.79. The Labute approximate surface area is 167 Å². The van der Waals surface area contributed by atoms with Gasteiger partial charge in [0.15, 0.2) is 5.82 Å². The maximum atomic E-state index is 13.5. The Kier molecular flexibility index (Phi) is 4.06. The molecule has 1 atom stereocenters. The van der Waals surface area contributed by atoms with Crippen molar-refractivity contribution in [2.24, 2.45) is 0 Å². The van der Waals surface area contributed by atoms with Gasteiger partial charge < -0.3 is 9.26 Å². The van der Waals surface area contributed by atoms with Crippen LogP contribution in [0.5, 0.6) is 0 Å². The largest absolute Gasteiger partial charge is 0.383 e. The Morgan fingerprint density at radius 2 is 2.03 bits per heavy atom. The fraction of sp³-hybridized carbons (Fsp3) is 0.429. The Morgan fingerprint density at radius 1 is 1.28 bits per heavy atom. The summed E-state index contributed by atoms with van der Waals surface area (Å²) in [6.07, 6.45) is 4.18. The lowest BCUT2D eigenvalue weighted by Gasteiger charge is -2.18. The first-order valence-corrected chi connectivity index (χ1v) is 9.83. The van der Waals surface area contributed by atoms with Crippen LogP contribution in [0.4, 0.5) is 0 Å². The summed E-state index contributed by atoms with van der Waals surface area (Å²) in [4.78, 5) is 22.6. The van der Waals surface area contributed by atoms with Crippen molar-refractivity contribution < 1.29 is 9.26 Å². The third kappa shape index (κ3) is 2.86. The summed E-state index contributed by atoms with van der Waals surface area (Å²) in [6.45, 7) is 4.54. The van der Waals surface area contributed by atoms with Crippen LogP contribution >= 0.6 is 0 Å². The van der Waals surface area contributed by atoms with Gasteiger partial charge in [0.1, 0.15) is 11.8 Å². The molecular formula is C21H23N5O3. The second-order valence-corrected chi connectivity index (χ2v) is 8.13. The lowest BCUT2D eigenvalue weighted by Crippen LogP contribution is -2.28. The van der Waals surface area contributed by atoms with Crippen molar-refractivity contribution in [3.8, 4) is 0 Å². The lowest BCUT2D eigenvalue weighted by atomic mass is 10.1. The summed E-state index contributed by atoms with van der Waals surface area (Å²) in [7, 11) is 1.64. The van der Waals surface area contributed by atoms with Crippen LogP contribution in [0.15, 0.2) is 39.9 Å². The maximum Gasteiger partial charge on any atom is 0.277 e. The molecular weight excluding hydrogens is 370 g/mol. The number of hydrogen-bond acceptors (Lipinski definition) is 6. The quantitative estimate of drug-likeness (QED) is 0.501. The molecule has 1 unspecified atom stereocenters. The Bertz CT molecular complexity index is 1260. The summed E-state index contributed by atoms with van der Waals surface area (Å²) in [5, 5.41) is 4.12. The maximum absolute atomic E-state index is 13.5. The molecule has 1 aliphatic carbocycles. The van der Waals surface area contributed by atoms with E-state index in [1.165, 1.54) is 0 Å². The van der Waals surface area contributed by atoms with Gasteiger partial charge in [-0.1, -0.05) is 24.2 Å². The number of benzene rings is 1. The fourth-order valence-electron chi connectivity index (χ4n) is 3.89. The molecule has 0 bridgehead atoms. The highest BCUT2D eigenvalue weighted by atomic mass is 16.5. The number of methoxy groups -OCH3 is 1. The smallest absolute Gasteiger partial charge is 0.277 e. The monoisotopic (exact) mass is 393 g/mol. The zero-order valence-corrected chi connectivity index (χ0v) is 16.8. The van der Waals surface area contributed by atoms with Crippen LogP contribution in [-0.2, 0) is 16.6 Å². The van der Waals surface area contributed by atoms with Crippen molar-refractivity contribution in [3.05, 3.63) is 58.4 Å². The van der Waals surface area contributed by atoms with Crippen molar-refractivity contribution in [2.75, 3.05) is 13.7 Å². The molecule has 0 amide bonds. The summed E-state index contributed by atoms with van der Waals surface area (Å²) >= 11 is 0. The zero-order chi connectivity index (χ0) is 20.2. The zero-order valence-electron chi connectivity index (χ0n) is 16.8. The van der Waals surface area contributed by atoms with Crippen LogP contribution in [0.25, 0.3) is 16.6 Å². The normalized spacial score (nSPS) is 16.5. The minimum Gasteiger partial charge on any atom is -0.383 e. The average Bonchev–Trinajstić information content (AvgIpc) is 3.12. The molecule has 5 rings (SSSR count). The SMILES string of the molecule is COCC(C)n1c(=O)c2c(Cc3noc(C4(C)CC4)n3)ncn2c2ccccc21. The van der Waals surface area contributed by atoms with Gasteiger partial charge in [-0.2, -0.15) is 4.98 Å². The van der Waals surface area contributed by atoms with Gasteiger partial charge in [-0.05, 0) is 31.9 Å². The van der Waals surface area contributed by atoms with E-state index in [0.717, 1.165) is 23.9 Å². The summed E-state index contributed by atoms with van der Waals surface area (Å²) in [5.74, 6) is 1.23. The van der Waals surface area contributed by atoms with Crippen LogP contribution in [-0.4, -0.2) is 37.8 Å². The van der Waals surface area contributed by atoms with Crippen LogP contribution in [0.3, 0.4) is 0 Å². The molecule has 4 aromatic rings. The first-order chi connectivity index (χ1) is 14.0. The molecule has 0 spiro atoms. The van der Waals surface area contributed by atoms with Crippen molar-refractivity contribution in [2.45, 2.75) is 44.6 Å². The first-order valence-electron chi connectivity index (χ1n) is 9.83. The molecule has 0 radical (unpaired) electrons. The molecule has 1 saturated carbocycles. The van der Waals surface area contributed by atoms with E-state index in [0.29, 0.717) is 36.0 Å². The molecule has 8 nitrogen and oxygen atoms in total. The predicted octanol–water partition coefficient (Wildman–Crippen LogP) is 2.88. The lowest BCUT2D eigenvalue weighted by molar-refractivity contribution is 0.162. The second-order valence-electron chi connectivity index (χ2n) is 8.13. The van der Waals surface area contributed by atoms with E-state index in [1.807, 2.05) is 35.6 Å². The number of imidazole rings is 1. The van der Waals surface area contributed by atoms with Crippen LogP contribution in [0, 0.1) is 0 Å². The topological polar surface area (TPSA) is 87.5 Å². The second kappa shape index (κ2) is 6.52. The van der Waals surface area contributed by atoms with E-state index in [-0.39, 0.29) is 17.0 Å². The van der Waals surface area contributed by atoms with Crippen molar-refractivity contribution in [1.29, 1.82) is 0 Å². The number of fused-ring (bicyclic) bond motifs is 3. The van der Waals surface area contributed by atoms with Crippen LogP contribution in [0.1, 0.15) is 50.1 Å². The number of rotatable bonds is 6. The molecule has 3 aromatic heterocycles. The van der Waals surface area contributed by atoms with E-state index in [2.05, 4.69) is 22.0 Å². The molecule has 1 aliphatic rings. The number of hydrogen-bond donors (Lipinski definition) is 0. The number of para-hydroxylation sites is 2. The average molecular weight is 393 g/mol. The molecule has 0 N–H and O–H groups in total.